The minimum absolute atomic E-state index is 0.0186. The standard InChI is InChI=1S/C13H9FN4O2/c14-7-5-16-12(15)10(9(7)13(19)20)11-6-3-1-2-4-8(6)17-18-11/h1-5H,(H2,15,16)(H,17,18)(H,19,20). The zero-order chi connectivity index (χ0) is 14.3. The summed E-state index contributed by atoms with van der Waals surface area (Å²) in [7, 11) is 0. The van der Waals surface area contributed by atoms with Crippen molar-refractivity contribution in [1.82, 2.24) is 15.2 Å². The number of nitrogens with two attached hydrogens (primary N) is 1. The molecular weight excluding hydrogens is 263 g/mol. The van der Waals surface area contributed by atoms with Crippen LogP contribution < -0.4 is 5.73 Å². The van der Waals surface area contributed by atoms with E-state index in [1.54, 1.807) is 24.3 Å². The average Bonchev–Trinajstić information content (AvgIpc) is 2.84. The van der Waals surface area contributed by atoms with Crippen LogP contribution >= 0.6 is 0 Å². The molecule has 0 unspecified atom stereocenters. The largest absolute Gasteiger partial charge is 0.478 e. The maximum Gasteiger partial charge on any atom is 0.339 e. The van der Waals surface area contributed by atoms with Crippen molar-refractivity contribution in [3.8, 4) is 11.3 Å². The third-order valence-corrected chi connectivity index (χ3v) is 2.98. The van der Waals surface area contributed by atoms with Gasteiger partial charge in [-0.2, -0.15) is 5.10 Å². The Bertz CT molecular complexity index is 828. The van der Waals surface area contributed by atoms with E-state index in [0.717, 1.165) is 6.20 Å². The predicted molar refractivity (Wildman–Crippen MR) is 70.7 cm³/mol. The second-order valence-corrected chi connectivity index (χ2v) is 4.16. The molecule has 0 fully saturated rings. The van der Waals surface area contributed by atoms with E-state index in [9.17, 15) is 14.3 Å². The number of nitrogen functional groups attached to an aromatic ring is 1. The highest BCUT2D eigenvalue weighted by atomic mass is 19.1. The molecule has 1 aromatic carbocycles. The first-order valence-corrected chi connectivity index (χ1v) is 5.70. The Labute approximate surface area is 112 Å². The van der Waals surface area contributed by atoms with E-state index < -0.39 is 17.3 Å². The number of nitrogens with one attached hydrogen (secondary N) is 1. The molecule has 20 heavy (non-hydrogen) atoms. The Morgan fingerprint density at radius 3 is 2.85 bits per heavy atom. The molecule has 0 bridgehead atoms. The van der Waals surface area contributed by atoms with Crippen molar-refractivity contribution in [3.63, 3.8) is 0 Å². The maximum absolute atomic E-state index is 13.7. The monoisotopic (exact) mass is 272 g/mol. The van der Waals surface area contributed by atoms with E-state index >= 15 is 0 Å². The van der Waals surface area contributed by atoms with Crippen LogP contribution in [-0.2, 0) is 0 Å². The van der Waals surface area contributed by atoms with E-state index in [-0.39, 0.29) is 17.1 Å². The van der Waals surface area contributed by atoms with Crippen LogP contribution in [0.2, 0.25) is 0 Å². The van der Waals surface area contributed by atoms with E-state index in [2.05, 4.69) is 15.2 Å². The third-order valence-electron chi connectivity index (χ3n) is 2.98. The number of carboxylic acids is 1. The molecule has 4 N–H and O–H groups in total. The number of aromatic carboxylic acids is 1. The van der Waals surface area contributed by atoms with E-state index in [1.807, 2.05) is 0 Å². The number of aromatic nitrogens is 3. The summed E-state index contributed by atoms with van der Waals surface area (Å²) in [5.74, 6) is -2.45. The van der Waals surface area contributed by atoms with E-state index in [0.29, 0.717) is 10.9 Å². The van der Waals surface area contributed by atoms with Gasteiger partial charge >= 0.3 is 5.97 Å². The van der Waals surface area contributed by atoms with Gasteiger partial charge in [-0.3, -0.25) is 5.10 Å². The summed E-state index contributed by atoms with van der Waals surface area (Å²) in [5.41, 5.74) is 6.13. The molecule has 0 aliphatic rings. The number of anilines is 1. The van der Waals surface area contributed by atoms with Crippen LogP contribution in [0.5, 0.6) is 0 Å². The van der Waals surface area contributed by atoms with Gasteiger partial charge in [-0.1, -0.05) is 18.2 Å². The number of aromatic amines is 1. The highest BCUT2D eigenvalue weighted by Crippen LogP contribution is 2.33. The first kappa shape index (κ1) is 12.1. The zero-order valence-corrected chi connectivity index (χ0v) is 10.1. The number of hydrogen-bond donors (Lipinski definition) is 3. The van der Waals surface area contributed by atoms with Crippen molar-refractivity contribution in [3.05, 3.63) is 41.8 Å². The number of nitrogens with zero attached hydrogens (tertiary/aromatic N) is 2. The number of halogens is 1. The summed E-state index contributed by atoms with van der Waals surface area (Å²) in [5, 5.41) is 16.6. The number of H-pyrrole nitrogens is 1. The second-order valence-electron chi connectivity index (χ2n) is 4.16. The molecule has 0 spiro atoms. The molecule has 0 aliphatic carbocycles. The molecule has 3 rings (SSSR count). The highest BCUT2D eigenvalue weighted by molar-refractivity contribution is 6.04. The molecule has 0 saturated carbocycles. The number of carboxylic acid groups (broad SMARTS) is 1. The van der Waals surface area contributed by atoms with Gasteiger partial charge in [0.25, 0.3) is 0 Å². The van der Waals surface area contributed by atoms with Crippen molar-refractivity contribution < 1.29 is 14.3 Å². The van der Waals surface area contributed by atoms with E-state index in [1.165, 1.54) is 0 Å². The van der Waals surface area contributed by atoms with Crippen molar-refractivity contribution >= 4 is 22.7 Å². The average molecular weight is 272 g/mol. The molecule has 0 radical (unpaired) electrons. The van der Waals surface area contributed by atoms with Gasteiger partial charge in [0.15, 0.2) is 5.82 Å². The van der Waals surface area contributed by atoms with Gasteiger partial charge < -0.3 is 10.8 Å². The molecule has 6 nitrogen and oxygen atoms in total. The van der Waals surface area contributed by atoms with Crippen LogP contribution in [-0.4, -0.2) is 26.3 Å². The summed E-state index contributed by atoms with van der Waals surface area (Å²) < 4.78 is 13.7. The summed E-state index contributed by atoms with van der Waals surface area (Å²) in [4.78, 5) is 14.9. The van der Waals surface area contributed by atoms with Crippen LogP contribution in [0.3, 0.4) is 0 Å². The summed E-state index contributed by atoms with van der Waals surface area (Å²) >= 11 is 0. The molecular formula is C13H9FN4O2. The Morgan fingerprint density at radius 2 is 2.10 bits per heavy atom. The van der Waals surface area contributed by atoms with Crippen molar-refractivity contribution in [2.45, 2.75) is 0 Å². The lowest BCUT2D eigenvalue weighted by molar-refractivity contribution is 0.0692. The molecule has 0 atom stereocenters. The molecule has 3 aromatic rings. The van der Waals surface area contributed by atoms with Crippen LogP contribution in [0.4, 0.5) is 10.2 Å². The lowest BCUT2D eigenvalue weighted by Crippen LogP contribution is -2.08. The minimum atomic E-state index is -1.42. The normalized spacial score (nSPS) is 10.8. The molecule has 2 heterocycles. The van der Waals surface area contributed by atoms with E-state index in [4.69, 9.17) is 5.73 Å². The number of benzene rings is 1. The third kappa shape index (κ3) is 1.68. The Kier molecular flexibility index (Phi) is 2.60. The van der Waals surface area contributed by atoms with Gasteiger partial charge in [0.2, 0.25) is 0 Å². The number of rotatable bonds is 2. The minimum Gasteiger partial charge on any atom is -0.478 e. The maximum atomic E-state index is 13.7. The Balaban J connectivity index is 2.40. The topological polar surface area (TPSA) is 105 Å². The molecule has 100 valence electrons. The van der Waals surface area contributed by atoms with Crippen molar-refractivity contribution in [2.75, 3.05) is 5.73 Å². The second kappa shape index (κ2) is 4.30. The number of pyridine rings is 1. The Hall–Kier alpha value is -2.96. The van der Waals surface area contributed by atoms with Crippen LogP contribution in [0.15, 0.2) is 30.5 Å². The highest BCUT2D eigenvalue weighted by Gasteiger charge is 2.24. The van der Waals surface area contributed by atoms with Crippen LogP contribution in [0.1, 0.15) is 10.4 Å². The molecule has 0 amide bonds. The molecule has 0 aliphatic heterocycles. The lowest BCUT2D eigenvalue weighted by Gasteiger charge is -2.07. The fourth-order valence-corrected chi connectivity index (χ4v) is 2.11. The first-order valence-electron chi connectivity index (χ1n) is 5.70. The van der Waals surface area contributed by atoms with Gasteiger partial charge in [0, 0.05) is 5.39 Å². The zero-order valence-electron chi connectivity index (χ0n) is 10.1. The molecule has 7 heteroatoms. The smallest absolute Gasteiger partial charge is 0.339 e. The van der Waals surface area contributed by atoms with Gasteiger partial charge in [0.05, 0.1) is 17.3 Å². The van der Waals surface area contributed by atoms with Crippen molar-refractivity contribution in [1.29, 1.82) is 0 Å². The predicted octanol–water partition coefficient (Wildman–Crippen LogP) is 2.04. The number of para-hydroxylation sites is 1. The Morgan fingerprint density at radius 1 is 1.35 bits per heavy atom. The SMILES string of the molecule is Nc1ncc(F)c(C(=O)O)c1-c1n[nH]c2ccccc12. The van der Waals surface area contributed by atoms with Gasteiger partial charge in [-0.25, -0.2) is 14.2 Å². The van der Waals surface area contributed by atoms with Gasteiger partial charge in [-0.15, -0.1) is 0 Å². The van der Waals surface area contributed by atoms with Crippen LogP contribution in [0, 0.1) is 5.82 Å². The fourth-order valence-electron chi connectivity index (χ4n) is 2.11. The fraction of sp³-hybridized carbons (Fsp3) is 0. The lowest BCUT2D eigenvalue weighted by atomic mass is 10.0. The summed E-state index contributed by atoms with van der Waals surface area (Å²) in [6.45, 7) is 0. The van der Waals surface area contributed by atoms with Gasteiger partial charge in [-0.05, 0) is 6.07 Å². The van der Waals surface area contributed by atoms with Gasteiger partial charge in [0.1, 0.15) is 17.1 Å². The molecule has 2 aromatic heterocycles. The molecule has 0 saturated heterocycles. The number of carbonyl (C=O) groups is 1. The number of hydrogen-bond acceptors (Lipinski definition) is 4. The summed E-state index contributed by atoms with van der Waals surface area (Å²) in [6.07, 6.45) is 0.789. The van der Waals surface area contributed by atoms with Crippen LogP contribution in [0.25, 0.3) is 22.2 Å². The quantitative estimate of drug-likeness (QED) is 0.662. The number of fused-ring (bicyclic) bond motifs is 1. The van der Waals surface area contributed by atoms with Crippen molar-refractivity contribution in [2.24, 2.45) is 0 Å². The first-order chi connectivity index (χ1) is 9.59. The summed E-state index contributed by atoms with van der Waals surface area (Å²) in [6, 6.07) is 7.08.